The van der Waals surface area contributed by atoms with Crippen LogP contribution in [0.3, 0.4) is 0 Å². The Balaban J connectivity index is 2.91. The van der Waals surface area contributed by atoms with Crippen LogP contribution in [0.4, 0.5) is 0 Å². The molecule has 0 bridgehead atoms. The summed E-state index contributed by atoms with van der Waals surface area (Å²) >= 11 is 0. The number of ether oxygens (including phenoxy) is 1. The highest BCUT2D eigenvalue weighted by atomic mass is 16.5. The summed E-state index contributed by atoms with van der Waals surface area (Å²) < 4.78 is 5.80. The Morgan fingerprint density at radius 3 is 2.21 bits per heavy atom. The Labute approximate surface area is 84.2 Å². The second-order valence-electron chi connectivity index (χ2n) is 4.62. The Hall–Kier alpha value is -1.10. The summed E-state index contributed by atoms with van der Waals surface area (Å²) in [6.07, 6.45) is 0.747. The second kappa shape index (κ2) is 3.24. The summed E-state index contributed by atoms with van der Waals surface area (Å²) in [6, 6.07) is 0. The third-order valence-electron chi connectivity index (χ3n) is 2.11. The van der Waals surface area contributed by atoms with E-state index in [1.54, 1.807) is 0 Å². The van der Waals surface area contributed by atoms with Crippen LogP contribution in [0.25, 0.3) is 0 Å². The zero-order valence-electron chi connectivity index (χ0n) is 9.16. The van der Waals surface area contributed by atoms with Crippen LogP contribution in [0.1, 0.15) is 34.1 Å². The van der Waals surface area contributed by atoms with Gasteiger partial charge < -0.3 is 16.2 Å². The van der Waals surface area contributed by atoms with Crippen molar-refractivity contribution in [1.82, 2.24) is 0 Å². The van der Waals surface area contributed by atoms with E-state index in [1.165, 1.54) is 0 Å². The molecule has 0 aromatic heterocycles. The number of nitrogens with two attached hydrogens (primary N) is 2. The summed E-state index contributed by atoms with van der Waals surface area (Å²) in [5.74, 6) is -0.0296. The predicted octanol–water partition coefficient (Wildman–Crippen LogP) is 0.593. The van der Waals surface area contributed by atoms with Gasteiger partial charge in [-0.15, -0.1) is 5.10 Å². The molecule has 0 aromatic rings. The van der Waals surface area contributed by atoms with Crippen LogP contribution < -0.4 is 11.5 Å². The lowest BCUT2D eigenvalue weighted by molar-refractivity contribution is -0.0515. The maximum absolute atomic E-state index is 5.80. The number of guanidine groups is 1. The fourth-order valence-electron chi connectivity index (χ4n) is 1.68. The Kier molecular flexibility index (Phi) is 2.54. The molecule has 5 nitrogen and oxygen atoms in total. The summed E-state index contributed by atoms with van der Waals surface area (Å²) in [5.41, 5.74) is 10.7. The van der Waals surface area contributed by atoms with Gasteiger partial charge in [-0.25, -0.2) is 0 Å². The molecule has 0 atom stereocenters. The van der Waals surface area contributed by atoms with Crippen molar-refractivity contribution in [2.75, 3.05) is 0 Å². The highest BCUT2D eigenvalue weighted by Gasteiger charge is 2.43. The van der Waals surface area contributed by atoms with Gasteiger partial charge in [0.1, 0.15) is 5.60 Å². The van der Waals surface area contributed by atoms with E-state index in [-0.39, 0.29) is 17.2 Å². The fraction of sp³-hybridized carbons (Fsp3) is 0.778. The average molecular weight is 198 g/mol. The first-order chi connectivity index (χ1) is 6.23. The molecule has 0 aromatic carbocycles. The molecule has 1 rings (SSSR count). The highest BCUT2D eigenvalue weighted by Crippen LogP contribution is 2.34. The van der Waals surface area contributed by atoms with Crippen molar-refractivity contribution in [3.05, 3.63) is 0 Å². The first-order valence-electron chi connectivity index (χ1n) is 4.59. The second-order valence-corrected chi connectivity index (χ2v) is 4.62. The molecule has 80 valence electrons. The van der Waals surface area contributed by atoms with Crippen molar-refractivity contribution in [2.24, 2.45) is 21.7 Å². The Morgan fingerprint density at radius 1 is 1.29 bits per heavy atom. The molecule has 1 heterocycles. The third kappa shape index (κ3) is 2.45. The third-order valence-corrected chi connectivity index (χ3v) is 2.11. The van der Waals surface area contributed by atoms with Crippen LogP contribution in [0.5, 0.6) is 0 Å². The largest absolute Gasteiger partial charge is 0.369 e. The lowest BCUT2D eigenvalue weighted by Gasteiger charge is -2.22. The molecule has 0 saturated carbocycles. The van der Waals surface area contributed by atoms with Gasteiger partial charge in [0.25, 0.3) is 0 Å². The maximum atomic E-state index is 5.80. The van der Waals surface area contributed by atoms with Crippen molar-refractivity contribution in [1.29, 1.82) is 0 Å². The normalized spacial score (nSPS) is 26.4. The van der Waals surface area contributed by atoms with Gasteiger partial charge in [0.15, 0.2) is 0 Å². The Morgan fingerprint density at radius 2 is 1.86 bits per heavy atom. The van der Waals surface area contributed by atoms with E-state index in [4.69, 9.17) is 16.2 Å². The summed E-state index contributed by atoms with van der Waals surface area (Å²) in [5, 5.41) is 7.65. The molecule has 0 aliphatic carbocycles. The average Bonchev–Trinajstić information content (AvgIpc) is 2.14. The summed E-state index contributed by atoms with van der Waals surface area (Å²) in [6.45, 7) is 7.96. The molecule has 1 saturated heterocycles. The number of rotatable bonds is 1. The van der Waals surface area contributed by atoms with E-state index in [1.807, 2.05) is 27.7 Å². The van der Waals surface area contributed by atoms with Crippen LogP contribution in [0.15, 0.2) is 10.2 Å². The zero-order valence-corrected chi connectivity index (χ0v) is 9.16. The lowest BCUT2D eigenvalue weighted by atomic mass is 9.98. The van der Waals surface area contributed by atoms with Gasteiger partial charge in [0, 0.05) is 6.42 Å². The quantitative estimate of drug-likeness (QED) is 0.367. The van der Waals surface area contributed by atoms with Crippen LogP contribution >= 0.6 is 0 Å². The van der Waals surface area contributed by atoms with E-state index in [0.29, 0.717) is 0 Å². The molecule has 14 heavy (non-hydrogen) atoms. The number of hydrogen-bond acceptors (Lipinski definition) is 3. The summed E-state index contributed by atoms with van der Waals surface area (Å²) in [7, 11) is 0. The molecular weight excluding hydrogens is 180 g/mol. The van der Waals surface area contributed by atoms with Gasteiger partial charge >= 0.3 is 0 Å². The van der Waals surface area contributed by atoms with Gasteiger partial charge in [0.2, 0.25) is 5.96 Å². The van der Waals surface area contributed by atoms with Gasteiger partial charge in [0.05, 0.1) is 11.3 Å². The fourth-order valence-corrected chi connectivity index (χ4v) is 1.68. The van der Waals surface area contributed by atoms with Crippen LogP contribution in [-0.2, 0) is 4.74 Å². The molecule has 4 N–H and O–H groups in total. The molecule has 1 aliphatic rings. The van der Waals surface area contributed by atoms with E-state index >= 15 is 0 Å². The smallest absolute Gasteiger partial charge is 0.211 e. The minimum Gasteiger partial charge on any atom is -0.369 e. The first kappa shape index (κ1) is 11.0. The monoisotopic (exact) mass is 198 g/mol. The molecule has 1 aliphatic heterocycles. The van der Waals surface area contributed by atoms with E-state index < -0.39 is 0 Å². The van der Waals surface area contributed by atoms with E-state index in [0.717, 1.165) is 12.1 Å². The first-order valence-corrected chi connectivity index (χ1v) is 4.59. The van der Waals surface area contributed by atoms with Gasteiger partial charge in [-0.1, -0.05) is 0 Å². The molecule has 5 heteroatoms. The SMILES string of the molecule is CC1(C)C/C(=N\N=C(N)N)C(C)(C)O1. The topological polar surface area (TPSA) is 86.0 Å². The number of hydrogen-bond donors (Lipinski definition) is 2. The van der Waals surface area contributed by atoms with Crippen molar-refractivity contribution >= 4 is 11.7 Å². The molecule has 0 radical (unpaired) electrons. The standard InChI is InChI=1S/C9H18N4O/c1-8(2)5-6(9(3,4)14-8)12-13-7(10)11/h5H2,1-4H3,(H4,10,11,13)/b12-6+. The zero-order chi connectivity index (χ0) is 11.0. The molecular formula is C9H18N4O. The van der Waals surface area contributed by atoms with E-state index in [2.05, 4.69) is 10.2 Å². The van der Waals surface area contributed by atoms with Crippen molar-refractivity contribution in [2.45, 2.75) is 45.3 Å². The predicted molar refractivity (Wildman–Crippen MR) is 57.1 cm³/mol. The van der Waals surface area contributed by atoms with Crippen molar-refractivity contribution < 1.29 is 4.74 Å². The molecule has 0 amide bonds. The minimum absolute atomic E-state index is 0.0296. The van der Waals surface area contributed by atoms with E-state index in [9.17, 15) is 0 Å². The Bertz CT molecular complexity index is 287. The van der Waals surface area contributed by atoms with Gasteiger partial charge in [-0.3, -0.25) is 0 Å². The summed E-state index contributed by atoms with van der Waals surface area (Å²) in [4.78, 5) is 0. The van der Waals surface area contributed by atoms with Crippen molar-refractivity contribution in [3.63, 3.8) is 0 Å². The molecule has 0 spiro atoms. The van der Waals surface area contributed by atoms with Crippen LogP contribution in [-0.4, -0.2) is 22.9 Å². The van der Waals surface area contributed by atoms with Crippen molar-refractivity contribution in [3.8, 4) is 0 Å². The number of nitrogens with zero attached hydrogens (tertiary/aromatic N) is 2. The molecule has 1 fully saturated rings. The van der Waals surface area contributed by atoms with Gasteiger partial charge in [-0.2, -0.15) is 5.10 Å². The minimum atomic E-state index is -0.386. The van der Waals surface area contributed by atoms with Gasteiger partial charge in [-0.05, 0) is 27.7 Å². The molecule has 0 unspecified atom stereocenters. The van der Waals surface area contributed by atoms with Crippen LogP contribution in [0.2, 0.25) is 0 Å². The van der Waals surface area contributed by atoms with Crippen LogP contribution in [0, 0.1) is 0 Å². The maximum Gasteiger partial charge on any atom is 0.211 e. The lowest BCUT2D eigenvalue weighted by Crippen LogP contribution is -2.29. The highest BCUT2D eigenvalue weighted by molar-refractivity contribution is 5.94.